The third-order valence-corrected chi connectivity index (χ3v) is 4.30. The number of nitrogen functional groups attached to an aromatic ring is 2. The fraction of sp³-hybridized carbons (Fsp3) is 0.176. The maximum Gasteiger partial charge on any atom is 0.430 e. The summed E-state index contributed by atoms with van der Waals surface area (Å²) in [5.74, 6) is 0. The molecule has 0 unspecified atom stereocenters. The first-order chi connectivity index (χ1) is 11.9. The standard InChI is InChI=1S/C17H12F6N2O/c18-16(19,20)15(26,17(21,22)23)12-5-4-9-6-8-2-1-3-13(24)10(8)7-11(9)14(12)25/h1-7,26H,24-25H2. The van der Waals surface area contributed by atoms with Gasteiger partial charge in [-0.25, -0.2) is 0 Å². The molecule has 0 atom stereocenters. The van der Waals surface area contributed by atoms with Crippen molar-refractivity contribution in [1.29, 1.82) is 0 Å². The van der Waals surface area contributed by atoms with Crippen molar-refractivity contribution >= 4 is 32.9 Å². The maximum atomic E-state index is 13.1. The van der Waals surface area contributed by atoms with Gasteiger partial charge in [-0.3, -0.25) is 0 Å². The van der Waals surface area contributed by atoms with Gasteiger partial charge in [0.05, 0.1) is 0 Å². The molecule has 0 bridgehead atoms. The lowest BCUT2D eigenvalue weighted by molar-refractivity contribution is -0.375. The van der Waals surface area contributed by atoms with E-state index in [-0.39, 0.29) is 11.1 Å². The Balaban J connectivity index is 2.39. The third kappa shape index (κ3) is 2.42. The molecule has 9 heteroatoms. The molecule has 3 nitrogen and oxygen atoms in total. The third-order valence-electron chi connectivity index (χ3n) is 4.30. The molecular formula is C17H12F6N2O. The molecule has 0 aromatic heterocycles. The van der Waals surface area contributed by atoms with Gasteiger partial charge in [0, 0.05) is 27.7 Å². The van der Waals surface area contributed by atoms with Crippen LogP contribution in [0.4, 0.5) is 37.7 Å². The van der Waals surface area contributed by atoms with Gasteiger partial charge in [-0.1, -0.05) is 24.3 Å². The van der Waals surface area contributed by atoms with Gasteiger partial charge >= 0.3 is 12.4 Å². The van der Waals surface area contributed by atoms with E-state index in [2.05, 4.69) is 0 Å². The Bertz CT molecular complexity index is 996. The van der Waals surface area contributed by atoms with Crippen LogP contribution in [0.1, 0.15) is 5.56 Å². The van der Waals surface area contributed by atoms with Crippen molar-refractivity contribution in [3.63, 3.8) is 0 Å². The van der Waals surface area contributed by atoms with Gasteiger partial charge in [0.2, 0.25) is 0 Å². The molecule has 0 saturated carbocycles. The van der Waals surface area contributed by atoms with Crippen LogP contribution in [0.3, 0.4) is 0 Å². The van der Waals surface area contributed by atoms with E-state index in [9.17, 15) is 31.4 Å². The molecule has 0 heterocycles. The van der Waals surface area contributed by atoms with E-state index in [0.29, 0.717) is 22.2 Å². The van der Waals surface area contributed by atoms with Gasteiger partial charge in [-0.15, -0.1) is 0 Å². The zero-order valence-electron chi connectivity index (χ0n) is 12.9. The van der Waals surface area contributed by atoms with Crippen LogP contribution in [0.2, 0.25) is 0 Å². The summed E-state index contributed by atoms with van der Waals surface area (Å²) in [4.78, 5) is 0. The van der Waals surface area contributed by atoms with Gasteiger partial charge < -0.3 is 16.6 Å². The molecule has 0 saturated heterocycles. The van der Waals surface area contributed by atoms with E-state index < -0.39 is 29.2 Å². The normalized spacial score (nSPS) is 13.5. The fourth-order valence-corrected chi connectivity index (χ4v) is 2.93. The molecule has 138 valence electrons. The van der Waals surface area contributed by atoms with Crippen LogP contribution in [-0.4, -0.2) is 17.5 Å². The van der Waals surface area contributed by atoms with Crippen LogP contribution < -0.4 is 11.5 Å². The van der Waals surface area contributed by atoms with E-state index in [1.807, 2.05) is 0 Å². The number of aliphatic hydroxyl groups is 1. The van der Waals surface area contributed by atoms with Crippen LogP contribution in [0.15, 0.2) is 42.5 Å². The maximum absolute atomic E-state index is 13.1. The lowest BCUT2D eigenvalue weighted by atomic mass is 9.88. The van der Waals surface area contributed by atoms with Gasteiger partial charge in [-0.2, -0.15) is 26.3 Å². The van der Waals surface area contributed by atoms with Crippen molar-refractivity contribution in [3.8, 4) is 0 Å². The summed E-state index contributed by atoms with van der Waals surface area (Å²) in [5, 5.41) is 10.9. The Labute approximate surface area is 142 Å². The highest BCUT2D eigenvalue weighted by molar-refractivity contribution is 6.07. The molecule has 0 radical (unpaired) electrons. The molecule has 0 fully saturated rings. The Morgan fingerprint density at radius 1 is 0.731 bits per heavy atom. The molecule has 0 aliphatic heterocycles. The van der Waals surface area contributed by atoms with Crippen molar-refractivity contribution in [2.45, 2.75) is 18.0 Å². The topological polar surface area (TPSA) is 72.3 Å². The molecule has 3 aromatic carbocycles. The molecular weight excluding hydrogens is 362 g/mol. The zero-order valence-corrected chi connectivity index (χ0v) is 12.9. The number of hydrogen-bond donors (Lipinski definition) is 3. The first-order valence-electron chi connectivity index (χ1n) is 7.24. The Kier molecular flexibility index (Phi) is 3.77. The van der Waals surface area contributed by atoms with Crippen LogP contribution in [0, 0.1) is 0 Å². The van der Waals surface area contributed by atoms with Crippen LogP contribution >= 0.6 is 0 Å². The number of nitrogens with two attached hydrogens (primary N) is 2. The van der Waals surface area contributed by atoms with Crippen molar-refractivity contribution in [2.75, 3.05) is 11.5 Å². The van der Waals surface area contributed by atoms with E-state index >= 15 is 0 Å². The van der Waals surface area contributed by atoms with Crippen molar-refractivity contribution in [1.82, 2.24) is 0 Å². The Hall–Kier alpha value is -2.68. The fourth-order valence-electron chi connectivity index (χ4n) is 2.93. The SMILES string of the molecule is Nc1cccc2cc3ccc(C(O)(C(F)(F)F)C(F)(F)F)c(N)c3cc12. The Morgan fingerprint density at radius 2 is 1.31 bits per heavy atom. The second-order valence-corrected chi connectivity index (χ2v) is 5.87. The summed E-state index contributed by atoms with van der Waals surface area (Å²) in [6.45, 7) is 0. The summed E-state index contributed by atoms with van der Waals surface area (Å²) in [7, 11) is 0. The predicted molar refractivity (Wildman–Crippen MR) is 86.3 cm³/mol. The van der Waals surface area contributed by atoms with E-state index in [1.54, 1.807) is 18.2 Å². The van der Waals surface area contributed by atoms with Crippen LogP contribution in [-0.2, 0) is 5.60 Å². The molecule has 5 N–H and O–H groups in total. The van der Waals surface area contributed by atoms with Gasteiger partial charge in [-0.05, 0) is 29.0 Å². The second kappa shape index (κ2) is 5.41. The summed E-state index contributed by atoms with van der Waals surface area (Å²) in [6.07, 6.45) is -12.0. The molecule has 0 aliphatic carbocycles. The quantitative estimate of drug-likeness (QED) is 0.334. The summed E-state index contributed by atoms with van der Waals surface area (Å²) in [6, 6.07) is 9.33. The highest BCUT2D eigenvalue weighted by Crippen LogP contribution is 2.52. The number of benzene rings is 3. The van der Waals surface area contributed by atoms with E-state index in [1.165, 1.54) is 12.1 Å². The average Bonchev–Trinajstić information content (AvgIpc) is 2.51. The summed E-state index contributed by atoms with van der Waals surface area (Å²) >= 11 is 0. The Morgan fingerprint density at radius 3 is 1.88 bits per heavy atom. The number of hydrogen-bond acceptors (Lipinski definition) is 3. The van der Waals surface area contributed by atoms with Crippen molar-refractivity contribution in [2.24, 2.45) is 0 Å². The smallest absolute Gasteiger partial charge is 0.398 e. The number of halogens is 6. The van der Waals surface area contributed by atoms with Crippen molar-refractivity contribution < 1.29 is 31.4 Å². The minimum atomic E-state index is -6.01. The number of alkyl halides is 6. The summed E-state index contributed by atoms with van der Waals surface area (Å²) in [5.41, 5.74) is 4.36. The minimum Gasteiger partial charge on any atom is -0.398 e. The van der Waals surface area contributed by atoms with Crippen LogP contribution in [0.5, 0.6) is 0 Å². The largest absolute Gasteiger partial charge is 0.430 e. The summed E-state index contributed by atoms with van der Waals surface area (Å²) < 4.78 is 78.8. The molecule has 0 aliphatic rings. The molecule has 0 spiro atoms. The second-order valence-electron chi connectivity index (χ2n) is 5.87. The molecule has 0 amide bonds. The highest BCUT2D eigenvalue weighted by atomic mass is 19.4. The van der Waals surface area contributed by atoms with Crippen LogP contribution in [0.25, 0.3) is 21.5 Å². The number of fused-ring (bicyclic) bond motifs is 2. The lowest BCUT2D eigenvalue weighted by Crippen LogP contribution is -2.54. The predicted octanol–water partition coefficient (Wildman–Crippen LogP) is 4.47. The van der Waals surface area contributed by atoms with Crippen molar-refractivity contribution in [3.05, 3.63) is 48.0 Å². The van der Waals surface area contributed by atoms with E-state index in [4.69, 9.17) is 11.5 Å². The van der Waals surface area contributed by atoms with Gasteiger partial charge in [0.1, 0.15) is 0 Å². The molecule has 26 heavy (non-hydrogen) atoms. The first kappa shape index (κ1) is 18.1. The number of anilines is 2. The minimum absolute atomic E-state index is 0.0696. The van der Waals surface area contributed by atoms with E-state index in [0.717, 1.165) is 6.07 Å². The highest BCUT2D eigenvalue weighted by Gasteiger charge is 2.72. The van der Waals surface area contributed by atoms with Gasteiger partial charge in [0.15, 0.2) is 0 Å². The molecule has 3 aromatic rings. The number of rotatable bonds is 1. The van der Waals surface area contributed by atoms with Gasteiger partial charge in [0.25, 0.3) is 5.60 Å². The average molecular weight is 374 g/mol. The zero-order chi connectivity index (χ0) is 19.5. The lowest BCUT2D eigenvalue weighted by Gasteiger charge is -2.33. The first-order valence-corrected chi connectivity index (χ1v) is 7.24. The monoisotopic (exact) mass is 374 g/mol. The molecule has 3 rings (SSSR count).